The van der Waals surface area contributed by atoms with Gasteiger partial charge in [0, 0.05) is 76.1 Å². The lowest BCUT2D eigenvalue weighted by molar-refractivity contribution is -0.130. The molecule has 1 aromatic carbocycles. The Balaban J connectivity index is 1.68. The quantitative estimate of drug-likeness (QED) is 0.399. The maximum absolute atomic E-state index is 14.2. The lowest BCUT2D eigenvalue weighted by atomic mass is 10.0. The second-order valence-electron chi connectivity index (χ2n) is 9.48. The smallest absolute Gasteiger partial charge is 0.350 e. The fourth-order valence-corrected chi connectivity index (χ4v) is 7.51. The molecule has 1 fully saturated rings. The number of thioether (sulfide) groups is 1. The van der Waals surface area contributed by atoms with Crippen LogP contribution in [0.25, 0.3) is 10.9 Å². The van der Waals surface area contributed by atoms with E-state index < -0.39 is 12.1 Å². The van der Waals surface area contributed by atoms with Crippen molar-refractivity contribution >= 4 is 50.3 Å². The Kier molecular flexibility index (Phi) is 7.10. The van der Waals surface area contributed by atoms with Gasteiger partial charge in [-0.1, -0.05) is 6.58 Å². The zero-order chi connectivity index (χ0) is 26.4. The molecule has 7 nitrogen and oxygen atoms in total. The first-order valence-corrected chi connectivity index (χ1v) is 13.8. The van der Waals surface area contributed by atoms with Gasteiger partial charge in [-0.25, -0.2) is 13.6 Å². The summed E-state index contributed by atoms with van der Waals surface area (Å²) in [4.78, 5) is 38.8. The molecular formula is C26H26BrF2N5O2S. The van der Waals surface area contributed by atoms with Crippen LogP contribution < -0.4 is 10.6 Å². The largest absolute Gasteiger partial charge is 0.352 e. The molecular weight excluding hydrogens is 564 g/mol. The van der Waals surface area contributed by atoms with Crippen molar-refractivity contribution < 1.29 is 13.6 Å². The van der Waals surface area contributed by atoms with Crippen LogP contribution in [0.5, 0.6) is 0 Å². The third-order valence-electron chi connectivity index (χ3n) is 7.06. The normalized spacial score (nSPS) is 21.8. The zero-order valence-corrected chi connectivity index (χ0v) is 22.8. The summed E-state index contributed by atoms with van der Waals surface area (Å²) in [5.74, 6) is 0.796. The molecule has 2 aromatic heterocycles. The molecule has 3 aromatic rings. The molecule has 2 aliphatic heterocycles. The van der Waals surface area contributed by atoms with E-state index in [1.807, 2.05) is 30.9 Å². The number of carbonyl (C=O) groups is 1. The highest BCUT2D eigenvalue weighted by Gasteiger charge is 2.35. The van der Waals surface area contributed by atoms with Crippen LogP contribution in [-0.4, -0.2) is 56.3 Å². The fraction of sp³-hybridized carbons (Fsp3) is 0.385. The van der Waals surface area contributed by atoms with Crippen LogP contribution in [0, 0.1) is 0 Å². The third-order valence-corrected chi connectivity index (χ3v) is 9.43. The van der Waals surface area contributed by atoms with Crippen LogP contribution in [0.15, 0.2) is 57.4 Å². The minimum Gasteiger partial charge on any atom is -0.352 e. The number of nitrogens with zero attached hydrogens (tertiary/aromatic N) is 5. The molecule has 3 atom stereocenters. The topological polar surface area (TPSA) is 71.3 Å². The van der Waals surface area contributed by atoms with Gasteiger partial charge in [-0.3, -0.25) is 14.3 Å². The first-order valence-electron chi connectivity index (χ1n) is 12.0. The minimum absolute atomic E-state index is 0.0237. The van der Waals surface area contributed by atoms with E-state index in [2.05, 4.69) is 32.5 Å². The van der Waals surface area contributed by atoms with Crippen molar-refractivity contribution in [2.75, 3.05) is 23.7 Å². The van der Waals surface area contributed by atoms with Gasteiger partial charge >= 0.3 is 5.69 Å². The number of hydrogen-bond acceptors (Lipinski definition) is 6. The van der Waals surface area contributed by atoms with Gasteiger partial charge in [-0.05, 0) is 59.6 Å². The lowest BCUT2D eigenvalue weighted by Crippen LogP contribution is -2.58. The molecule has 0 radical (unpaired) electrons. The summed E-state index contributed by atoms with van der Waals surface area (Å²) in [5, 5.41) is 0.513. The Morgan fingerprint density at radius 2 is 1.89 bits per heavy atom. The van der Waals surface area contributed by atoms with Crippen molar-refractivity contribution in [2.24, 2.45) is 0 Å². The Labute approximate surface area is 225 Å². The van der Waals surface area contributed by atoms with Gasteiger partial charge in [0.25, 0.3) is 6.43 Å². The van der Waals surface area contributed by atoms with E-state index in [9.17, 15) is 18.4 Å². The van der Waals surface area contributed by atoms with Gasteiger partial charge in [0.15, 0.2) is 0 Å². The maximum atomic E-state index is 14.2. The fourth-order valence-electron chi connectivity index (χ4n) is 5.42. The number of carbonyl (C=O) groups excluding carboxylic acids is 1. The van der Waals surface area contributed by atoms with Gasteiger partial charge in [0.2, 0.25) is 5.91 Å². The van der Waals surface area contributed by atoms with Crippen LogP contribution in [0.3, 0.4) is 0 Å². The van der Waals surface area contributed by atoms with Gasteiger partial charge < -0.3 is 9.80 Å². The van der Waals surface area contributed by atoms with E-state index in [0.717, 1.165) is 5.56 Å². The molecule has 194 valence electrons. The molecule has 0 saturated carbocycles. The number of hydrogen-bond donors (Lipinski definition) is 0. The summed E-state index contributed by atoms with van der Waals surface area (Å²) < 4.78 is 30.3. The number of aromatic nitrogens is 3. The van der Waals surface area contributed by atoms with Gasteiger partial charge in [0.05, 0.1) is 5.52 Å². The summed E-state index contributed by atoms with van der Waals surface area (Å²) in [7, 11) is 0. The first-order chi connectivity index (χ1) is 17.7. The summed E-state index contributed by atoms with van der Waals surface area (Å²) in [6, 6.07) is 4.92. The number of amides is 1. The summed E-state index contributed by atoms with van der Waals surface area (Å²) in [5.41, 5.74) is 1.08. The number of alkyl halides is 2. The highest BCUT2D eigenvalue weighted by Crippen LogP contribution is 2.45. The average Bonchev–Trinajstić information content (AvgIpc) is 3.08. The highest BCUT2D eigenvalue weighted by molar-refractivity contribution is 9.10. The number of rotatable bonds is 4. The Hall–Kier alpha value is -2.79. The molecule has 0 spiro atoms. The summed E-state index contributed by atoms with van der Waals surface area (Å²) in [6.07, 6.45) is 2.01. The van der Waals surface area contributed by atoms with Crippen LogP contribution >= 0.6 is 27.7 Å². The second-order valence-corrected chi connectivity index (χ2v) is 11.3. The van der Waals surface area contributed by atoms with Crippen molar-refractivity contribution in [3.05, 3.63) is 69.3 Å². The SMILES string of the molecule is C=CC(=O)N1[C@H](C)CN(c2nc(=O)n3c4c(c(Br)c(C(F)F)cc24)SC[C@@H](c2ccncc2)C3)C[C@@H]1C. The lowest BCUT2D eigenvalue weighted by Gasteiger charge is -2.44. The van der Waals surface area contributed by atoms with E-state index in [1.54, 1.807) is 21.9 Å². The molecule has 1 amide bonds. The van der Waals surface area contributed by atoms with Crippen molar-refractivity contribution in [1.29, 1.82) is 0 Å². The Morgan fingerprint density at radius 1 is 1.22 bits per heavy atom. The molecule has 0 unspecified atom stereocenters. The highest BCUT2D eigenvalue weighted by atomic mass is 79.9. The predicted octanol–water partition coefficient (Wildman–Crippen LogP) is 4.99. The average molecular weight is 590 g/mol. The molecule has 11 heteroatoms. The molecule has 5 rings (SSSR count). The number of pyridine rings is 1. The number of halogens is 3. The van der Waals surface area contributed by atoms with Crippen molar-refractivity contribution in [3.8, 4) is 0 Å². The number of benzene rings is 1. The van der Waals surface area contributed by atoms with Crippen molar-refractivity contribution in [3.63, 3.8) is 0 Å². The maximum Gasteiger partial charge on any atom is 0.350 e. The van der Waals surface area contributed by atoms with E-state index >= 15 is 0 Å². The molecule has 0 bridgehead atoms. The Morgan fingerprint density at radius 3 is 2.51 bits per heavy atom. The third kappa shape index (κ3) is 4.56. The van der Waals surface area contributed by atoms with E-state index in [4.69, 9.17) is 0 Å². The van der Waals surface area contributed by atoms with E-state index in [-0.39, 0.29) is 29.5 Å². The van der Waals surface area contributed by atoms with Crippen LogP contribution in [0.2, 0.25) is 0 Å². The molecule has 4 heterocycles. The molecule has 1 saturated heterocycles. The van der Waals surface area contributed by atoms with Gasteiger partial charge in [-0.15, -0.1) is 11.8 Å². The van der Waals surface area contributed by atoms with Crippen molar-refractivity contribution in [2.45, 2.75) is 49.7 Å². The zero-order valence-electron chi connectivity index (χ0n) is 20.4. The van der Waals surface area contributed by atoms with Crippen LogP contribution in [0.1, 0.15) is 37.3 Å². The number of anilines is 1. The van der Waals surface area contributed by atoms with Gasteiger partial charge in [0.1, 0.15) is 5.82 Å². The monoisotopic (exact) mass is 589 g/mol. The standard InChI is InChI=1S/C26H26BrF2N5O2S/c1-4-20(35)34-14(2)10-32(11-15(34)3)25-19-9-18(24(28)29)21(27)23-22(19)33(26(36)31-25)12-17(13-37-23)16-5-7-30-8-6-16/h4-9,14-15,17,24H,1,10-13H2,2-3H3/t14-,15+,17-/m0/s1. The summed E-state index contributed by atoms with van der Waals surface area (Å²) >= 11 is 4.89. The summed E-state index contributed by atoms with van der Waals surface area (Å²) in [6.45, 7) is 8.64. The molecule has 0 aliphatic carbocycles. The van der Waals surface area contributed by atoms with Crippen LogP contribution in [-0.2, 0) is 11.3 Å². The van der Waals surface area contributed by atoms with Gasteiger partial charge in [-0.2, -0.15) is 4.98 Å². The van der Waals surface area contributed by atoms with Crippen molar-refractivity contribution in [1.82, 2.24) is 19.4 Å². The molecule has 37 heavy (non-hydrogen) atoms. The van der Waals surface area contributed by atoms with Crippen LogP contribution in [0.4, 0.5) is 14.6 Å². The molecule has 2 aliphatic rings. The first kappa shape index (κ1) is 25.8. The number of piperazine rings is 1. The van der Waals surface area contributed by atoms with E-state index in [1.165, 1.54) is 23.9 Å². The second kappa shape index (κ2) is 10.2. The predicted molar refractivity (Wildman–Crippen MR) is 145 cm³/mol. The Bertz CT molecular complexity index is 1420. The van der Waals surface area contributed by atoms with E-state index in [0.29, 0.717) is 51.5 Å². The molecule has 0 N–H and O–H groups in total. The minimum atomic E-state index is -2.71.